The molecule has 2 atom stereocenters. The van der Waals surface area contributed by atoms with Crippen LogP contribution in [0.4, 0.5) is 0 Å². The van der Waals surface area contributed by atoms with Gasteiger partial charge in [-0.15, -0.1) is 0 Å². The molecule has 0 radical (unpaired) electrons. The number of fused-ring (bicyclic) bond motifs is 1. The minimum absolute atomic E-state index is 0.152. The van der Waals surface area contributed by atoms with Gasteiger partial charge in [0.05, 0.1) is 27.5 Å². The summed E-state index contributed by atoms with van der Waals surface area (Å²) in [7, 11) is -1.03. The molecule has 16 heavy (non-hydrogen) atoms. The van der Waals surface area contributed by atoms with E-state index in [-0.39, 0.29) is 10.8 Å². The summed E-state index contributed by atoms with van der Waals surface area (Å²) in [4.78, 5) is 0. The molecule has 2 rings (SSSR count). The maximum atomic E-state index is 12.0. The van der Waals surface area contributed by atoms with E-state index in [0.29, 0.717) is 0 Å². The van der Waals surface area contributed by atoms with E-state index in [1.807, 2.05) is 31.5 Å². The van der Waals surface area contributed by atoms with Crippen molar-refractivity contribution in [1.82, 2.24) is 14.5 Å². The Hall–Kier alpha value is -0.200. The summed E-state index contributed by atoms with van der Waals surface area (Å²) in [6, 6.07) is 2.14. The van der Waals surface area contributed by atoms with Crippen LogP contribution in [0, 0.1) is 0 Å². The maximum absolute atomic E-state index is 12.0. The maximum Gasteiger partial charge on any atom is 0.128 e. The molecule has 6 heteroatoms. The molecule has 2 heterocycles. The first-order valence-corrected chi connectivity index (χ1v) is 7.23. The lowest BCUT2D eigenvalue weighted by Crippen LogP contribution is -2.35. The molecule has 0 aromatic carbocycles. The van der Waals surface area contributed by atoms with E-state index in [1.54, 1.807) is 0 Å². The molecule has 1 aromatic heterocycles. The fraction of sp³-hybridized carbons (Fsp3) is 0.700. The molecule has 1 aromatic rings. The summed E-state index contributed by atoms with van der Waals surface area (Å²) < 4.78 is 17.7. The Morgan fingerprint density at radius 3 is 2.94 bits per heavy atom. The summed E-state index contributed by atoms with van der Waals surface area (Å²) in [5, 5.41) is 4.31. The van der Waals surface area contributed by atoms with E-state index < -0.39 is 11.0 Å². The van der Waals surface area contributed by atoms with Crippen LogP contribution in [0.25, 0.3) is 0 Å². The van der Waals surface area contributed by atoms with Crippen molar-refractivity contribution in [3.05, 3.63) is 16.4 Å². The third-order valence-corrected chi connectivity index (χ3v) is 4.57. The average Bonchev–Trinajstić information content (AvgIpc) is 2.65. The van der Waals surface area contributed by atoms with Gasteiger partial charge < -0.3 is 0 Å². The lowest BCUT2D eigenvalue weighted by atomic mass is 10.2. The van der Waals surface area contributed by atoms with Gasteiger partial charge in [-0.2, -0.15) is 5.10 Å². The standard InChI is InChI=1S/C10H16BrN3OS/c1-10(2,3)16(15)13-7-4-5-14-8(7)6-9(11)12-14/h6-7,13H,4-5H2,1-3H3. The van der Waals surface area contributed by atoms with E-state index in [1.165, 1.54) is 0 Å². The Kier molecular flexibility index (Phi) is 3.25. The molecule has 0 aliphatic carbocycles. The number of halogens is 1. The normalized spacial score (nSPS) is 22.1. The summed E-state index contributed by atoms with van der Waals surface area (Å²) in [6.07, 6.45) is 0.956. The molecule has 4 nitrogen and oxygen atoms in total. The second-order valence-electron chi connectivity index (χ2n) is 4.96. The fourth-order valence-electron chi connectivity index (χ4n) is 1.68. The Morgan fingerprint density at radius 2 is 2.31 bits per heavy atom. The fourth-order valence-corrected chi connectivity index (χ4v) is 2.96. The Balaban J connectivity index is 2.11. The van der Waals surface area contributed by atoms with Gasteiger partial charge in [-0.25, -0.2) is 8.93 Å². The summed E-state index contributed by atoms with van der Waals surface area (Å²) in [5.41, 5.74) is 1.12. The molecular weight excluding hydrogens is 290 g/mol. The summed E-state index contributed by atoms with van der Waals surface area (Å²) in [5.74, 6) is 0. The van der Waals surface area contributed by atoms with Crippen LogP contribution in [0.2, 0.25) is 0 Å². The van der Waals surface area contributed by atoms with Crippen molar-refractivity contribution in [1.29, 1.82) is 0 Å². The van der Waals surface area contributed by atoms with Gasteiger partial charge in [-0.1, -0.05) is 0 Å². The van der Waals surface area contributed by atoms with Crippen LogP contribution in [0.15, 0.2) is 10.7 Å². The predicted molar refractivity (Wildman–Crippen MR) is 68.3 cm³/mol. The second kappa shape index (κ2) is 4.23. The first kappa shape index (κ1) is 12.3. The minimum Gasteiger partial charge on any atom is -0.267 e. The number of aryl methyl sites for hydroxylation is 1. The average molecular weight is 306 g/mol. The third-order valence-electron chi connectivity index (χ3n) is 2.57. The van der Waals surface area contributed by atoms with Crippen molar-refractivity contribution in [2.24, 2.45) is 0 Å². The topological polar surface area (TPSA) is 46.9 Å². The van der Waals surface area contributed by atoms with Crippen LogP contribution in [0.5, 0.6) is 0 Å². The quantitative estimate of drug-likeness (QED) is 0.910. The predicted octanol–water partition coefficient (Wildman–Crippen LogP) is 2.14. The first-order valence-electron chi connectivity index (χ1n) is 5.29. The van der Waals surface area contributed by atoms with Gasteiger partial charge in [-0.05, 0) is 49.2 Å². The highest BCUT2D eigenvalue weighted by Crippen LogP contribution is 2.28. The Bertz CT molecular complexity index is 424. The molecule has 1 aliphatic rings. The van der Waals surface area contributed by atoms with Crippen molar-refractivity contribution >= 4 is 26.9 Å². The number of aromatic nitrogens is 2. The van der Waals surface area contributed by atoms with Crippen molar-refractivity contribution in [3.63, 3.8) is 0 Å². The lowest BCUT2D eigenvalue weighted by Gasteiger charge is -2.21. The van der Waals surface area contributed by atoms with Gasteiger partial charge in [0.2, 0.25) is 0 Å². The largest absolute Gasteiger partial charge is 0.267 e. The zero-order valence-corrected chi connectivity index (χ0v) is 12.1. The Labute approximate surface area is 107 Å². The number of nitrogens with one attached hydrogen (secondary N) is 1. The molecule has 0 amide bonds. The van der Waals surface area contributed by atoms with Gasteiger partial charge in [-0.3, -0.25) is 4.68 Å². The monoisotopic (exact) mass is 305 g/mol. The van der Waals surface area contributed by atoms with Crippen molar-refractivity contribution < 1.29 is 4.21 Å². The van der Waals surface area contributed by atoms with E-state index in [2.05, 4.69) is 25.8 Å². The second-order valence-corrected chi connectivity index (χ2v) is 7.77. The van der Waals surface area contributed by atoms with Crippen LogP contribution in [-0.4, -0.2) is 18.7 Å². The van der Waals surface area contributed by atoms with Crippen LogP contribution in [0.1, 0.15) is 38.9 Å². The van der Waals surface area contributed by atoms with E-state index >= 15 is 0 Å². The number of hydrogen-bond donors (Lipinski definition) is 1. The van der Waals surface area contributed by atoms with Crippen molar-refractivity contribution in [2.45, 2.75) is 44.5 Å². The lowest BCUT2D eigenvalue weighted by molar-refractivity contribution is 0.587. The highest BCUT2D eigenvalue weighted by molar-refractivity contribution is 9.10. The molecule has 0 saturated carbocycles. The Morgan fingerprint density at radius 1 is 1.62 bits per heavy atom. The zero-order valence-electron chi connectivity index (χ0n) is 9.66. The summed E-state index contributed by atoms with van der Waals surface area (Å²) >= 11 is 3.36. The third kappa shape index (κ3) is 2.38. The van der Waals surface area contributed by atoms with Crippen LogP contribution in [-0.2, 0) is 17.5 Å². The molecule has 0 bridgehead atoms. The molecule has 0 saturated heterocycles. The molecule has 1 N–H and O–H groups in total. The highest BCUT2D eigenvalue weighted by Gasteiger charge is 2.29. The molecule has 0 spiro atoms. The number of hydrogen-bond acceptors (Lipinski definition) is 2. The molecule has 90 valence electrons. The smallest absolute Gasteiger partial charge is 0.128 e. The van der Waals surface area contributed by atoms with E-state index in [0.717, 1.165) is 23.3 Å². The van der Waals surface area contributed by atoms with Crippen molar-refractivity contribution in [2.75, 3.05) is 0 Å². The molecular formula is C10H16BrN3OS. The van der Waals surface area contributed by atoms with Crippen LogP contribution >= 0.6 is 15.9 Å². The van der Waals surface area contributed by atoms with Crippen molar-refractivity contribution in [3.8, 4) is 0 Å². The summed E-state index contributed by atoms with van der Waals surface area (Å²) in [6.45, 7) is 6.80. The van der Waals surface area contributed by atoms with Crippen LogP contribution < -0.4 is 4.72 Å². The van der Waals surface area contributed by atoms with E-state index in [9.17, 15) is 4.21 Å². The number of rotatable bonds is 2. The van der Waals surface area contributed by atoms with Gasteiger partial charge in [0.25, 0.3) is 0 Å². The van der Waals surface area contributed by atoms with E-state index in [4.69, 9.17) is 0 Å². The SMILES string of the molecule is CC(C)(C)S(=O)NC1CCn2nc(Br)cc21. The molecule has 2 unspecified atom stereocenters. The highest BCUT2D eigenvalue weighted by atomic mass is 79.9. The van der Waals surface area contributed by atoms with Crippen LogP contribution in [0.3, 0.4) is 0 Å². The minimum atomic E-state index is -1.03. The molecule has 1 aliphatic heterocycles. The zero-order chi connectivity index (χ0) is 11.9. The van der Waals surface area contributed by atoms with Gasteiger partial charge in [0.1, 0.15) is 4.60 Å². The van der Waals surface area contributed by atoms with Gasteiger partial charge in [0, 0.05) is 6.54 Å². The molecule has 0 fully saturated rings. The number of nitrogens with zero attached hydrogens (tertiary/aromatic N) is 2. The van der Waals surface area contributed by atoms with Gasteiger partial charge in [0.15, 0.2) is 0 Å². The van der Waals surface area contributed by atoms with Gasteiger partial charge >= 0.3 is 0 Å². The first-order chi connectivity index (χ1) is 7.38.